The zero-order chi connectivity index (χ0) is 34.8. The summed E-state index contributed by atoms with van der Waals surface area (Å²) in [6.07, 6.45) is 6.04. The van der Waals surface area contributed by atoms with Gasteiger partial charge in [-0.25, -0.2) is 8.42 Å². The largest absolute Gasteiger partial charge is 0.492 e. The summed E-state index contributed by atoms with van der Waals surface area (Å²) in [6.45, 7) is 1.67. The van der Waals surface area contributed by atoms with Gasteiger partial charge < -0.3 is 15.0 Å². The number of amides is 2. The molecule has 0 radical (unpaired) electrons. The van der Waals surface area contributed by atoms with Crippen LogP contribution in [0.2, 0.25) is 0 Å². The maximum atomic E-state index is 14.8. The molecule has 258 valence electrons. The highest BCUT2D eigenvalue weighted by Gasteiger charge is 2.36. The average molecular weight is 765 g/mol. The van der Waals surface area contributed by atoms with Gasteiger partial charge in [0.25, 0.3) is 10.0 Å². The number of hydrogen-bond acceptors (Lipinski definition) is 6. The first kappa shape index (κ1) is 36.5. The molecule has 0 saturated heterocycles. The van der Waals surface area contributed by atoms with Gasteiger partial charge in [0.1, 0.15) is 18.3 Å². The Morgan fingerprint density at radius 3 is 2.27 bits per heavy atom. The second kappa shape index (κ2) is 17.2. The van der Waals surface area contributed by atoms with Crippen molar-refractivity contribution < 1.29 is 22.7 Å². The zero-order valence-corrected chi connectivity index (χ0v) is 31.0. The van der Waals surface area contributed by atoms with Crippen LogP contribution >= 0.6 is 27.7 Å². The molecular formula is C38H42BrN3O5S2. The zero-order valence-electron chi connectivity index (χ0n) is 27.8. The SMILES string of the molecule is CCOc1ccccc1N(CC(=O)N(Cc1cccc(Br)c1)C(Cc1ccccc1)C(=O)NC1CCCC1)S(=O)(=O)c1ccc(SC)cc1. The van der Waals surface area contributed by atoms with Crippen molar-refractivity contribution in [1.82, 2.24) is 10.2 Å². The fraction of sp³-hybridized carbons (Fsp3) is 0.316. The van der Waals surface area contributed by atoms with Crippen molar-refractivity contribution in [2.24, 2.45) is 0 Å². The van der Waals surface area contributed by atoms with Crippen LogP contribution in [-0.2, 0) is 32.6 Å². The first-order valence-electron chi connectivity index (χ1n) is 16.5. The Morgan fingerprint density at radius 1 is 0.918 bits per heavy atom. The van der Waals surface area contributed by atoms with E-state index in [9.17, 15) is 18.0 Å². The number of carbonyl (C=O) groups excluding carboxylic acids is 2. The lowest BCUT2D eigenvalue weighted by atomic mass is 10.0. The highest BCUT2D eigenvalue weighted by atomic mass is 79.9. The summed E-state index contributed by atoms with van der Waals surface area (Å²) in [6, 6.07) is 29.7. The van der Waals surface area contributed by atoms with Crippen LogP contribution in [0.15, 0.2) is 117 Å². The van der Waals surface area contributed by atoms with Crippen molar-refractivity contribution >= 4 is 55.2 Å². The lowest BCUT2D eigenvalue weighted by Crippen LogP contribution is -2.54. The van der Waals surface area contributed by atoms with Crippen LogP contribution < -0.4 is 14.4 Å². The van der Waals surface area contributed by atoms with Gasteiger partial charge in [-0.2, -0.15) is 0 Å². The monoisotopic (exact) mass is 763 g/mol. The van der Waals surface area contributed by atoms with Gasteiger partial charge in [0.2, 0.25) is 11.8 Å². The Labute approximate surface area is 302 Å². The number of ether oxygens (including phenoxy) is 1. The first-order valence-corrected chi connectivity index (χ1v) is 19.9. The van der Waals surface area contributed by atoms with Gasteiger partial charge >= 0.3 is 0 Å². The molecule has 1 unspecified atom stereocenters. The molecule has 0 bridgehead atoms. The van der Waals surface area contributed by atoms with Crippen molar-refractivity contribution in [3.05, 3.63) is 119 Å². The Hall–Kier alpha value is -3.80. The number of hydrogen-bond donors (Lipinski definition) is 1. The van der Waals surface area contributed by atoms with E-state index in [0.29, 0.717) is 12.4 Å². The summed E-state index contributed by atoms with van der Waals surface area (Å²) in [7, 11) is -4.26. The number of anilines is 1. The lowest BCUT2D eigenvalue weighted by Gasteiger charge is -2.34. The number of halogens is 1. The quantitative estimate of drug-likeness (QED) is 0.126. The van der Waals surface area contributed by atoms with Crippen LogP contribution in [-0.4, -0.2) is 56.6 Å². The van der Waals surface area contributed by atoms with E-state index in [1.165, 1.54) is 16.7 Å². The van der Waals surface area contributed by atoms with Crippen LogP contribution in [0.25, 0.3) is 0 Å². The predicted molar refractivity (Wildman–Crippen MR) is 199 cm³/mol. The molecule has 0 heterocycles. The average Bonchev–Trinajstić information content (AvgIpc) is 3.62. The number of rotatable bonds is 15. The molecule has 1 N–H and O–H groups in total. The fourth-order valence-corrected chi connectivity index (χ4v) is 8.36. The summed E-state index contributed by atoms with van der Waals surface area (Å²) in [5, 5.41) is 3.21. The molecule has 49 heavy (non-hydrogen) atoms. The van der Waals surface area contributed by atoms with E-state index in [-0.39, 0.29) is 35.5 Å². The molecule has 11 heteroatoms. The van der Waals surface area contributed by atoms with Gasteiger partial charge in [-0.05, 0) is 85.7 Å². The summed E-state index contributed by atoms with van der Waals surface area (Å²) in [4.78, 5) is 31.5. The molecule has 1 fully saturated rings. The van der Waals surface area contributed by atoms with Gasteiger partial charge in [-0.1, -0.05) is 83.4 Å². The van der Waals surface area contributed by atoms with Crippen molar-refractivity contribution in [3.8, 4) is 5.75 Å². The van der Waals surface area contributed by atoms with Crippen LogP contribution in [0.4, 0.5) is 5.69 Å². The predicted octanol–water partition coefficient (Wildman–Crippen LogP) is 7.46. The van der Waals surface area contributed by atoms with E-state index in [0.717, 1.165) is 50.5 Å². The molecule has 1 saturated carbocycles. The van der Waals surface area contributed by atoms with Crippen molar-refractivity contribution in [3.63, 3.8) is 0 Å². The molecule has 5 rings (SSSR count). The van der Waals surface area contributed by atoms with Crippen LogP contribution in [0, 0.1) is 0 Å². The summed E-state index contributed by atoms with van der Waals surface area (Å²) < 4.78 is 36.8. The molecular weight excluding hydrogens is 722 g/mol. The number of nitrogens with zero attached hydrogens (tertiary/aromatic N) is 2. The number of carbonyl (C=O) groups is 2. The van der Waals surface area contributed by atoms with Gasteiger partial charge in [-0.15, -0.1) is 11.8 Å². The smallest absolute Gasteiger partial charge is 0.264 e. The Balaban J connectivity index is 1.59. The van der Waals surface area contributed by atoms with E-state index in [2.05, 4.69) is 21.2 Å². The highest BCUT2D eigenvalue weighted by Crippen LogP contribution is 2.33. The minimum atomic E-state index is -4.26. The third-order valence-corrected chi connectivity index (χ3v) is 11.6. The maximum absolute atomic E-state index is 14.8. The number of nitrogens with one attached hydrogen (secondary N) is 1. The van der Waals surface area contributed by atoms with Crippen LogP contribution in [0.3, 0.4) is 0 Å². The topological polar surface area (TPSA) is 96.0 Å². The minimum Gasteiger partial charge on any atom is -0.492 e. The molecule has 1 atom stereocenters. The molecule has 0 spiro atoms. The number of thioether (sulfide) groups is 1. The molecule has 4 aromatic rings. The number of sulfonamides is 1. The van der Waals surface area contributed by atoms with E-state index in [1.54, 1.807) is 48.5 Å². The Bertz CT molecular complexity index is 1820. The van der Waals surface area contributed by atoms with E-state index >= 15 is 0 Å². The molecule has 4 aromatic carbocycles. The van der Waals surface area contributed by atoms with Gasteiger partial charge in [-0.3, -0.25) is 13.9 Å². The molecule has 0 aromatic heterocycles. The standard InChI is InChI=1S/C38H42BrN3O5S2/c1-3-47-36-19-10-9-18-34(36)42(49(45,46)33-22-20-32(48-2)21-23-33)27-37(43)41(26-29-14-11-15-30(39)24-29)35(25-28-12-5-4-6-13-28)38(44)40-31-16-7-8-17-31/h4-6,9-15,18-24,31,35H,3,7-8,16-17,25-27H2,1-2H3,(H,40,44). The Morgan fingerprint density at radius 2 is 1.59 bits per heavy atom. The second-order valence-electron chi connectivity index (χ2n) is 11.9. The third-order valence-electron chi connectivity index (χ3n) is 8.57. The molecule has 8 nitrogen and oxygen atoms in total. The van der Waals surface area contributed by atoms with Crippen molar-refractivity contribution in [2.45, 2.75) is 67.4 Å². The van der Waals surface area contributed by atoms with E-state index in [1.807, 2.05) is 67.8 Å². The molecule has 1 aliphatic carbocycles. The van der Waals surface area contributed by atoms with Gasteiger partial charge in [0.05, 0.1) is 17.2 Å². The summed E-state index contributed by atoms with van der Waals surface area (Å²) in [5.41, 5.74) is 1.93. The van der Waals surface area contributed by atoms with Crippen LogP contribution in [0.5, 0.6) is 5.75 Å². The molecule has 2 amide bonds. The lowest BCUT2D eigenvalue weighted by molar-refractivity contribution is -0.140. The highest BCUT2D eigenvalue weighted by molar-refractivity contribution is 9.10. The normalized spacial score (nSPS) is 13.9. The Kier molecular flexibility index (Phi) is 12.8. The third kappa shape index (κ3) is 9.46. The van der Waals surface area contributed by atoms with Gasteiger partial charge in [0, 0.05) is 28.4 Å². The number of para-hydroxylation sites is 2. The molecule has 1 aliphatic rings. The summed E-state index contributed by atoms with van der Waals surface area (Å²) in [5.74, 6) is -0.436. The second-order valence-corrected chi connectivity index (χ2v) is 15.6. The number of benzene rings is 4. The van der Waals surface area contributed by atoms with Gasteiger partial charge in [0.15, 0.2) is 0 Å². The maximum Gasteiger partial charge on any atom is 0.264 e. The van der Waals surface area contributed by atoms with Crippen molar-refractivity contribution in [1.29, 1.82) is 0 Å². The van der Waals surface area contributed by atoms with E-state index in [4.69, 9.17) is 4.74 Å². The van der Waals surface area contributed by atoms with Crippen molar-refractivity contribution in [2.75, 3.05) is 23.7 Å². The fourth-order valence-electron chi connectivity index (χ4n) is 6.08. The minimum absolute atomic E-state index is 0.0350. The first-order chi connectivity index (χ1) is 23.7. The van der Waals surface area contributed by atoms with E-state index < -0.39 is 28.5 Å². The summed E-state index contributed by atoms with van der Waals surface area (Å²) >= 11 is 5.04. The molecule has 0 aliphatic heterocycles. The van der Waals surface area contributed by atoms with Crippen LogP contribution in [0.1, 0.15) is 43.7 Å².